The van der Waals surface area contributed by atoms with Crippen molar-refractivity contribution in [3.05, 3.63) is 29.3 Å². The quantitative estimate of drug-likeness (QED) is 0.707. The highest BCUT2D eigenvalue weighted by Gasteiger charge is 2.56. The molecule has 1 aliphatic carbocycles. The summed E-state index contributed by atoms with van der Waals surface area (Å²) in [4.78, 5) is 27.8. The molecule has 2 heterocycles. The van der Waals surface area contributed by atoms with Crippen molar-refractivity contribution in [3.63, 3.8) is 0 Å². The van der Waals surface area contributed by atoms with E-state index < -0.39 is 17.1 Å². The number of amides is 2. The molecular weight excluding hydrogens is 370 g/mol. The smallest absolute Gasteiger partial charge is 0.407 e. The number of phenolic OH excluding ortho intramolecular Hbond substituents is 1. The normalized spacial score (nSPS) is 28.6. The number of nitrogens with zero attached hydrogens (tertiary/aromatic N) is 1. The van der Waals surface area contributed by atoms with Crippen molar-refractivity contribution in [2.75, 3.05) is 19.6 Å². The highest BCUT2D eigenvalue weighted by Crippen LogP contribution is 2.47. The second-order valence-corrected chi connectivity index (χ2v) is 9.70. The number of fused-ring (bicyclic) bond motifs is 2. The molecule has 1 saturated heterocycles. The van der Waals surface area contributed by atoms with E-state index in [9.17, 15) is 14.7 Å². The van der Waals surface area contributed by atoms with Crippen LogP contribution in [0.2, 0.25) is 0 Å². The highest BCUT2D eigenvalue weighted by molar-refractivity contribution is 5.85. The predicted molar refractivity (Wildman–Crippen MR) is 108 cm³/mol. The second-order valence-electron chi connectivity index (χ2n) is 9.70. The molecule has 0 unspecified atom stereocenters. The summed E-state index contributed by atoms with van der Waals surface area (Å²) < 4.78 is 5.40. The van der Waals surface area contributed by atoms with Crippen LogP contribution in [-0.2, 0) is 22.5 Å². The van der Waals surface area contributed by atoms with Gasteiger partial charge in [0.15, 0.2) is 0 Å². The van der Waals surface area contributed by atoms with Crippen LogP contribution in [0.1, 0.15) is 44.7 Å². The summed E-state index contributed by atoms with van der Waals surface area (Å²) in [7, 11) is 0. The van der Waals surface area contributed by atoms with E-state index in [0.29, 0.717) is 26.1 Å². The fraction of sp³-hybridized carbons (Fsp3) is 0.636. The Morgan fingerprint density at radius 1 is 1.31 bits per heavy atom. The lowest BCUT2D eigenvalue weighted by Crippen LogP contribution is -2.49. The zero-order chi connectivity index (χ0) is 20.8. The Morgan fingerprint density at radius 3 is 2.86 bits per heavy atom. The van der Waals surface area contributed by atoms with Gasteiger partial charge in [0.05, 0.1) is 5.41 Å². The molecule has 0 radical (unpaired) electrons. The van der Waals surface area contributed by atoms with Crippen molar-refractivity contribution in [1.82, 2.24) is 15.5 Å². The molecule has 1 aromatic rings. The summed E-state index contributed by atoms with van der Waals surface area (Å²) in [5.41, 5.74) is 1.19. The molecule has 1 saturated carbocycles. The van der Waals surface area contributed by atoms with Gasteiger partial charge in [-0.2, -0.15) is 0 Å². The number of aromatic hydroxyl groups is 1. The van der Waals surface area contributed by atoms with Gasteiger partial charge in [-0.05, 0) is 75.8 Å². The number of rotatable bonds is 2. The summed E-state index contributed by atoms with van der Waals surface area (Å²) in [5.74, 6) is 0.606. The topological polar surface area (TPSA) is 90.9 Å². The lowest BCUT2D eigenvalue weighted by Gasteiger charge is -2.37. The summed E-state index contributed by atoms with van der Waals surface area (Å²) in [6.45, 7) is 8.19. The molecule has 2 amide bonds. The predicted octanol–water partition coefficient (Wildman–Crippen LogP) is 2.17. The number of hydrogen-bond acceptors (Lipinski definition) is 5. The minimum atomic E-state index is -0.541. The minimum absolute atomic E-state index is 0.0537. The molecule has 158 valence electrons. The molecule has 3 N–H and O–H groups in total. The Kier molecular flexibility index (Phi) is 4.97. The van der Waals surface area contributed by atoms with Crippen molar-refractivity contribution in [2.45, 2.75) is 58.2 Å². The van der Waals surface area contributed by atoms with E-state index in [0.717, 1.165) is 24.9 Å². The molecule has 0 spiro atoms. The van der Waals surface area contributed by atoms with E-state index >= 15 is 0 Å². The Morgan fingerprint density at radius 2 is 2.10 bits per heavy atom. The third kappa shape index (κ3) is 3.92. The zero-order valence-corrected chi connectivity index (χ0v) is 17.5. The fourth-order valence-corrected chi connectivity index (χ4v) is 5.18. The van der Waals surface area contributed by atoms with Crippen LogP contribution in [0, 0.1) is 11.3 Å². The van der Waals surface area contributed by atoms with Crippen LogP contribution < -0.4 is 10.6 Å². The Labute approximate surface area is 171 Å². The Hall–Kier alpha value is -2.28. The van der Waals surface area contributed by atoms with Crippen LogP contribution in [0.3, 0.4) is 0 Å². The second kappa shape index (κ2) is 7.20. The van der Waals surface area contributed by atoms with E-state index in [1.807, 2.05) is 31.7 Å². The zero-order valence-electron chi connectivity index (χ0n) is 17.5. The molecule has 7 nitrogen and oxygen atoms in total. The van der Waals surface area contributed by atoms with Gasteiger partial charge in [-0.15, -0.1) is 0 Å². The van der Waals surface area contributed by atoms with E-state index in [4.69, 9.17) is 4.74 Å². The molecule has 4 rings (SSSR count). The van der Waals surface area contributed by atoms with Crippen LogP contribution in [-0.4, -0.2) is 53.3 Å². The van der Waals surface area contributed by atoms with Gasteiger partial charge in [0.1, 0.15) is 11.4 Å². The van der Waals surface area contributed by atoms with Crippen LogP contribution in [0.15, 0.2) is 18.2 Å². The van der Waals surface area contributed by atoms with Gasteiger partial charge in [-0.1, -0.05) is 6.07 Å². The molecule has 0 bridgehead atoms. The first kappa shape index (κ1) is 20.0. The average molecular weight is 402 g/mol. The standard InChI is InChI=1S/C22H31N3O4/c1-21(2,3)29-20(28)24-17-9-16-11-23-13-22(16,10-17)19(27)25-7-6-14-4-5-18(26)8-15(14)12-25/h4-5,8,16-17,23,26H,6-7,9-13H2,1-3H3,(H,24,28)/t16-,17+,22-/m0/s1. The first-order valence-electron chi connectivity index (χ1n) is 10.5. The number of phenols is 1. The van der Waals surface area contributed by atoms with Gasteiger partial charge in [-0.3, -0.25) is 4.79 Å². The van der Waals surface area contributed by atoms with Gasteiger partial charge in [0, 0.05) is 25.7 Å². The molecule has 2 aliphatic heterocycles. The van der Waals surface area contributed by atoms with Crippen LogP contribution in [0.5, 0.6) is 5.75 Å². The Bertz CT molecular complexity index is 819. The van der Waals surface area contributed by atoms with Gasteiger partial charge < -0.3 is 25.4 Å². The largest absolute Gasteiger partial charge is 0.508 e. The third-order valence-electron chi connectivity index (χ3n) is 6.43. The lowest BCUT2D eigenvalue weighted by molar-refractivity contribution is -0.143. The average Bonchev–Trinajstić information content (AvgIpc) is 3.16. The van der Waals surface area contributed by atoms with Crippen molar-refractivity contribution in [2.24, 2.45) is 11.3 Å². The summed E-state index contributed by atoms with van der Waals surface area (Å²) in [6, 6.07) is 5.36. The van der Waals surface area contributed by atoms with Crippen LogP contribution >= 0.6 is 0 Å². The van der Waals surface area contributed by atoms with E-state index in [1.54, 1.807) is 12.1 Å². The number of alkyl carbamates (subject to hydrolysis) is 1. The maximum atomic E-state index is 13.6. The first-order valence-corrected chi connectivity index (χ1v) is 10.5. The number of nitrogens with one attached hydrogen (secondary N) is 2. The van der Waals surface area contributed by atoms with Crippen molar-refractivity contribution in [3.8, 4) is 5.75 Å². The van der Waals surface area contributed by atoms with E-state index in [2.05, 4.69) is 10.6 Å². The monoisotopic (exact) mass is 401 g/mol. The highest BCUT2D eigenvalue weighted by atomic mass is 16.6. The molecule has 29 heavy (non-hydrogen) atoms. The van der Waals surface area contributed by atoms with Crippen molar-refractivity contribution in [1.29, 1.82) is 0 Å². The molecule has 2 fully saturated rings. The number of ether oxygens (including phenoxy) is 1. The molecule has 0 aromatic heterocycles. The van der Waals surface area contributed by atoms with Crippen molar-refractivity contribution >= 4 is 12.0 Å². The van der Waals surface area contributed by atoms with E-state index in [1.165, 1.54) is 5.56 Å². The maximum absolute atomic E-state index is 13.6. The first-order chi connectivity index (χ1) is 13.7. The summed E-state index contributed by atoms with van der Waals surface area (Å²) in [5, 5.41) is 16.2. The minimum Gasteiger partial charge on any atom is -0.508 e. The number of carbonyl (C=O) groups excluding carboxylic acids is 2. The molecule has 7 heteroatoms. The number of carbonyl (C=O) groups is 2. The summed E-state index contributed by atoms with van der Waals surface area (Å²) >= 11 is 0. The molecular formula is C22H31N3O4. The molecule has 3 atom stereocenters. The van der Waals surface area contributed by atoms with E-state index in [-0.39, 0.29) is 23.6 Å². The SMILES string of the molecule is CC(C)(C)OC(=O)N[C@@H]1C[C@H]2CNC[C@@]2(C(=O)N2CCc3ccc(O)cc3C2)C1. The number of benzene rings is 1. The maximum Gasteiger partial charge on any atom is 0.407 e. The van der Waals surface area contributed by atoms with Crippen LogP contribution in [0.25, 0.3) is 0 Å². The molecule has 1 aromatic carbocycles. The Balaban J connectivity index is 1.47. The summed E-state index contributed by atoms with van der Waals surface area (Å²) in [6.07, 6.45) is 1.80. The van der Waals surface area contributed by atoms with Gasteiger partial charge in [0.25, 0.3) is 0 Å². The molecule has 3 aliphatic rings. The third-order valence-corrected chi connectivity index (χ3v) is 6.43. The number of hydrogen-bond donors (Lipinski definition) is 3. The van der Waals surface area contributed by atoms with Crippen LogP contribution in [0.4, 0.5) is 4.79 Å². The van der Waals surface area contributed by atoms with Crippen molar-refractivity contribution < 1.29 is 19.4 Å². The van der Waals surface area contributed by atoms with Gasteiger partial charge >= 0.3 is 6.09 Å². The van der Waals surface area contributed by atoms with Gasteiger partial charge in [-0.25, -0.2) is 4.79 Å². The lowest BCUT2D eigenvalue weighted by atomic mass is 9.78. The van der Waals surface area contributed by atoms with Gasteiger partial charge in [0.2, 0.25) is 5.91 Å². The fourth-order valence-electron chi connectivity index (χ4n) is 5.18.